The summed E-state index contributed by atoms with van der Waals surface area (Å²) in [6.45, 7) is 4.12. The number of hydrogen-bond acceptors (Lipinski definition) is 8. The predicted octanol–water partition coefficient (Wildman–Crippen LogP) is 12.6. The summed E-state index contributed by atoms with van der Waals surface area (Å²) in [5.41, 5.74) is 0. The van der Waals surface area contributed by atoms with Gasteiger partial charge in [0.2, 0.25) is 0 Å². The fourth-order valence-corrected chi connectivity index (χ4v) is 6.58. The van der Waals surface area contributed by atoms with Gasteiger partial charge in [-0.2, -0.15) is 0 Å². The molecule has 0 saturated heterocycles. The summed E-state index contributed by atoms with van der Waals surface area (Å²) in [6, 6.07) is 0. The van der Waals surface area contributed by atoms with E-state index in [1.54, 1.807) is 0 Å². The van der Waals surface area contributed by atoms with E-state index in [4.69, 9.17) is 18.5 Å². The molecule has 336 valence electrons. The highest BCUT2D eigenvalue weighted by Gasteiger charge is 2.21. The minimum absolute atomic E-state index is 0.0398. The first-order valence-corrected chi connectivity index (χ1v) is 24.5. The lowest BCUT2D eigenvalue weighted by atomic mass is 10.1. The van der Waals surface area contributed by atoms with Gasteiger partial charge in [-0.1, -0.05) is 152 Å². The molecule has 0 radical (unpaired) electrons. The van der Waals surface area contributed by atoms with Gasteiger partial charge in [-0.3, -0.25) is 14.2 Å². The molecule has 0 amide bonds. The number of quaternary nitrogens is 1. The molecule has 2 atom stereocenters. The second kappa shape index (κ2) is 40.1. The number of nitrogens with zero attached hydrogens (tertiary/aromatic N) is 1. The van der Waals surface area contributed by atoms with Gasteiger partial charge in [-0.05, 0) is 77.0 Å². The molecule has 10 heteroatoms. The minimum atomic E-state index is -4.64. The number of hydrogen-bond donors (Lipinski definition) is 0. The minimum Gasteiger partial charge on any atom is -0.756 e. The van der Waals surface area contributed by atoms with Crippen molar-refractivity contribution in [3.63, 3.8) is 0 Å². The van der Waals surface area contributed by atoms with Crippen LogP contribution in [0.5, 0.6) is 0 Å². The average molecular weight is 836 g/mol. The van der Waals surface area contributed by atoms with Crippen molar-refractivity contribution in [1.29, 1.82) is 0 Å². The third-order valence-electron chi connectivity index (χ3n) is 9.51. The summed E-state index contributed by atoms with van der Waals surface area (Å²) in [4.78, 5) is 37.6. The van der Waals surface area contributed by atoms with E-state index in [9.17, 15) is 19.0 Å². The predicted molar refractivity (Wildman–Crippen MR) is 240 cm³/mol. The number of ether oxygens (including phenoxy) is 2. The molecular weight excluding hydrogens is 750 g/mol. The molecule has 9 nitrogen and oxygen atoms in total. The van der Waals surface area contributed by atoms with Gasteiger partial charge in [0.15, 0.2) is 6.10 Å². The molecule has 0 aromatic carbocycles. The van der Waals surface area contributed by atoms with E-state index >= 15 is 0 Å². The van der Waals surface area contributed by atoms with Crippen LogP contribution in [0.15, 0.2) is 60.8 Å². The lowest BCUT2D eigenvalue weighted by Gasteiger charge is -2.28. The van der Waals surface area contributed by atoms with Crippen LogP contribution in [-0.2, 0) is 32.7 Å². The van der Waals surface area contributed by atoms with Crippen molar-refractivity contribution in [2.24, 2.45) is 0 Å². The van der Waals surface area contributed by atoms with Crippen molar-refractivity contribution < 1.29 is 42.1 Å². The van der Waals surface area contributed by atoms with Crippen molar-refractivity contribution in [2.75, 3.05) is 47.5 Å². The topological polar surface area (TPSA) is 111 Å². The van der Waals surface area contributed by atoms with E-state index in [1.165, 1.54) is 83.5 Å². The Morgan fingerprint density at radius 3 is 1.47 bits per heavy atom. The number of carbonyl (C=O) groups excluding carboxylic acids is 2. The smallest absolute Gasteiger partial charge is 0.306 e. The molecule has 1 unspecified atom stereocenters. The summed E-state index contributed by atoms with van der Waals surface area (Å²) < 4.78 is 33.9. The Kier molecular flexibility index (Phi) is 38.5. The van der Waals surface area contributed by atoms with E-state index in [1.807, 2.05) is 21.1 Å². The summed E-state index contributed by atoms with van der Waals surface area (Å²) in [6.07, 6.45) is 48.1. The Bertz CT molecular complexity index is 1170. The SMILES string of the molecule is CCCC/C=C/CCCCCCCCCCCC(=O)OC[C@H](COP(=O)([O-])OCC[N+](C)(C)C)OC(=O)CCCCC/C=C/C/C=C/C/C=C/C/C=C/CCCCC. The summed E-state index contributed by atoms with van der Waals surface area (Å²) in [5.74, 6) is -0.876. The van der Waals surface area contributed by atoms with Crippen molar-refractivity contribution in [2.45, 2.75) is 187 Å². The van der Waals surface area contributed by atoms with Crippen LogP contribution in [0.4, 0.5) is 0 Å². The zero-order valence-corrected chi connectivity index (χ0v) is 38.6. The van der Waals surface area contributed by atoms with Gasteiger partial charge < -0.3 is 27.9 Å². The second-order valence-corrected chi connectivity index (χ2v) is 17.8. The number of esters is 2. The van der Waals surface area contributed by atoms with Crippen molar-refractivity contribution in [1.82, 2.24) is 0 Å². The Morgan fingerprint density at radius 1 is 0.534 bits per heavy atom. The highest BCUT2D eigenvalue weighted by molar-refractivity contribution is 7.45. The Hall–Kier alpha value is -2.29. The maximum absolute atomic E-state index is 12.7. The van der Waals surface area contributed by atoms with Crippen LogP contribution in [-0.4, -0.2) is 70.0 Å². The first-order chi connectivity index (χ1) is 28.0. The molecule has 0 aliphatic rings. The van der Waals surface area contributed by atoms with Crippen molar-refractivity contribution >= 4 is 19.8 Å². The molecular formula is C48H86NO8P. The molecule has 0 N–H and O–H groups in total. The third kappa shape index (κ3) is 43.3. The molecule has 0 rings (SSSR count). The van der Waals surface area contributed by atoms with E-state index in [-0.39, 0.29) is 26.1 Å². The number of unbranched alkanes of at least 4 members (excludes halogenated alkanes) is 17. The summed E-state index contributed by atoms with van der Waals surface area (Å²) in [7, 11) is 1.14. The highest BCUT2D eigenvalue weighted by atomic mass is 31.2. The van der Waals surface area contributed by atoms with Crippen LogP contribution in [0.3, 0.4) is 0 Å². The summed E-state index contributed by atoms with van der Waals surface area (Å²) >= 11 is 0. The maximum Gasteiger partial charge on any atom is 0.306 e. The van der Waals surface area contributed by atoms with Crippen molar-refractivity contribution in [3.05, 3.63) is 60.8 Å². The highest BCUT2D eigenvalue weighted by Crippen LogP contribution is 2.38. The molecule has 0 fully saturated rings. The fraction of sp³-hybridized carbons (Fsp3) is 0.750. The molecule has 0 aliphatic heterocycles. The first-order valence-electron chi connectivity index (χ1n) is 23.0. The van der Waals surface area contributed by atoms with Crippen LogP contribution in [0.2, 0.25) is 0 Å². The van der Waals surface area contributed by atoms with Crippen molar-refractivity contribution in [3.8, 4) is 0 Å². The Morgan fingerprint density at radius 2 is 0.948 bits per heavy atom. The quantitative estimate of drug-likeness (QED) is 0.0197. The van der Waals surface area contributed by atoms with Crippen LogP contribution in [0, 0.1) is 0 Å². The summed E-state index contributed by atoms with van der Waals surface area (Å²) in [5, 5.41) is 0. The average Bonchev–Trinajstić information content (AvgIpc) is 3.17. The van der Waals surface area contributed by atoms with Crippen LogP contribution < -0.4 is 4.89 Å². The second-order valence-electron chi connectivity index (χ2n) is 16.4. The Labute approximate surface area is 356 Å². The number of rotatable bonds is 41. The molecule has 0 aromatic rings. The number of likely N-dealkylation sites (N-methyl/N-ethyl adjacent to an activating group) is 1. The zero-order valence-electron chi connectivity index (χ0n) is 37.7. The van der Waals surface area contributed by atoms with Crippen LogP contribution in [0.1, 0.15) is 181 Å². The lowest BCUT2D eigenvalue weighted by Crippen LogP contribution is -2.37. The number of phosphoric acid groups is 1. The van der Waals surface area contributed by atoms with E-state index in [0.29, 0.717) is 17.4 Å². The number of allylic oxidation sites excluding steroid dienone is 10. The molecule has 58 heavy (non-hydrogen) atoms. The fourth-order valence-electron chi connectivity index (χ4n) is 5.85. The van der Waals surface area contributed by atoms with Gasteiger partial charge in [0.1, 0.15) is 19.8 Å². The normalized spacial score (nSPS) is 14.1. The van der Waals surface area contributed by atoms with E-state index < -0.39 is 32.5 Å². The molecule has 0 saturated carbocycles. The van der Waals surface area contributed by atoms with Gasteiger partial charge in [-0.15, -0.1) is 0 Å². The number of phosphoric ester groups is 1. The van der Waals surface area contributed by atoms with Gasteiger partial charge in [0.05, 0.1) is 27.7 Å². The molecule has 0 aliphatic carbocycles. The van der Waals surface area contributed by atoms with E-state index in [0.717, 1.165) is 64.2 Å². The maximum atomic E-state index is 12.7. The van der Waals surface area contributed by atoms with Gasteiger partial charge >= 0.3 is 11.9 Å². The standard InChI is InChI=1S/C48H86NO8P/c1-6-8-10-12-14-16-18-20-22-23-24-25-27-29-31-33-35-37-39-41-48(51)57-46(45-56-58(52,53)55-43-42-49(3,4)5)44-54-47(50)40-38-36-34-32-30-28-26-21-19-17-15-13-11-9-7-2/h13-16,20,22,24-25,29,31,46H,6-12,17-19,21,23,26-28,30,32-45H2,1-5H3/b15-13+,16-14+,22-20+,25-24+,31-29+/t46-/m1/s1. The monoisotopic (exact) mass is 836 g/mol. The first kappa shape index (κ1) is 55.7. The van der Waals surface area contributed by atoms with Gasteiger partial charge in [0, 0.05) is 12.8 Å². The van der Waals surface area contributed by atoms with Crippen LogP contribution >= 0.6 is 7.82 Å². The Balaban J connectivity index is 4.41. The molecule has 0 spiro atoms. The molecule has 0 bridgehead atoms. The molecule has 0 aromatic heterocycles. The zero-order chi connectivity index (χ0) is 42.8. The van der Waals surface area contributed by atoms with Crippen LogP contribution in [0.25, 0.3) is 0 Å². The third-order valence-corrected chi connectivity index (χ3v) is 10.5. The van der Waals surface area contributed by atoms with Gasteiger partial charge in [-0.25, -0.2) is 0 Å². The largest absolute Gasteiger partial charge is 0.756 e. The molecule has 0 heterocycles. The lowest BCUT2D eigenvalue weighted by molar-refractivity contribution is -0.870. The number of carbonyl (C=O) groups is 2. The van der Waals surface area contributed by atoms with E-state index in [2.05, 4.69) is 74.6 Å². The van der Waals surface area contributed by atoms with Gasteiger partial charge in [0.25, 0.3) is 7.82 Å².